The van der Waals surface area contributed by atoms with E-state index in [1.165, 1.54) is 24.3 Å². The second-order valence-electron chi connectivity index (χ2n) is 6.01. The fourth-order valence-corrected chi connectivity index (χ4v) is 3.02. The summed E-state index contributed by atoms with van der Waals surface area (Å²) in [5.74, 6) is -3.01. The molecular weight excluding hydrogens is 400 g/mol. The summed E-state index contributed by atoms with van der Waals surface area (Å²) in [5, 5.41) is 19.4. The van der Waals surface area contributed by atoms with Crippen LogP contribution in [0.2, 0.25) is 5.02 Å². The van der Waals surface area contributed by atoms with E-state index < -0.39 is 34.4 Å². The van der Waals surface area contributed by atoms with E-state index in [1.54, 1.807) is 12.1 Å². The standard InChI is InChI=1S/C20H15ClN2O6/c21-13-4-2-1-3-11(13)9-29-12-7-5-10(6-8-12)14-15(19(25)26)17(22)23-18(24)16(14)20(27)28/h1-8H,9H2,(H,25,26)(H,27,28)(H3,22,23,24). The number of H-pyrrole nitrogens is 1. The zero-order valence-electron chi connectivity index (χ0n) is 14.8. The minimum absolute atomic E-state index is 0.197. The summed E-state index contributed by atoms with van der Waals surface area (Å²) in [6, 6.07) is 13.1. The Morgan fingerprint density at radius 2 is 1.62 bits per heavy atom. The molecular formula is C20H15ClN2O6. The molecule has 0 aliphatic carbocycles. The third kappa shape index (κ3) is 4.07. The highest BCUT2D eigenvalue weighted by Gasteiger charge is 2.26. The quantitative estimate of drug-likeness (QED) is 0.484. The maximum Gasteiger partial charge on any atom is 0.342 e. The highest BCUT2D eigenvalue weighted by molar-refractivity contribution is 6.31. The molecule has 1 aromatic heterocycles. The second kappa shape index (κ2) is 8.07. The maximum atomic E-state index is 12.1. The van der Waals surface area contributed by atoms with E-state index in [0.29, 0.717) is 10.8 Å². The Labute approximate surface area is 169 Å². The number of benzene rings is 2. The number of nitrogens with two attached hydrogens (primary N) is 1. The van der Waals surface area contributed by atoms with Gasteiger partial charge in [-0.15, -0.1) is 0 Å². The number of pyridine rings is 1. The van der Waals surface area contributed by atoms with Crippen LogP contribution in [0.3, 0.4) is 0 Å². The molecule has 148 valence electrons. The van der Waals surface area contributed by atoms with E-state index in [1.807, 2.05) is 12.1 Å². The lowest BCUT2D eigenvalue weighted by molar-refractivity contribution is 0.0695. The van der Waals surface area contributed by atoms with Gasteiger partial charge < -0.3 is 25.7 Å². The number of rotatable bonds is 6. The van der Waals surface area contributed by atoms with Gasteiger partial charge in [-0.25, -0.2) is 9.59 Å². The first-order chi connectivity index (χ1) is 13.8. The van der Waals surface area contributed by atoms with Gasteiger partial charge in [0.05, 0.1) is 0 Å². The minimum Gasteiger partial charge on any atom is -0.489 e. The predicted molar refractivity (Wildman–Crippen MR) is 107 cm³/mol. The molecule has 0 saturated carbocycles. The molecule has 2 aromatic carbocycles. The average molecular weight is 415 g/mol. The molecule has 0 bridgehead atoms. The van der Waals surface area contributed by atoms with Crippen molar-refractivity contribution in [1.29, 1.82) is 0 Å². The van der Waals surface area contributed by atoms with E-state index in [-0.39, 0.29) is 17.7 Å². The average Bonchev–Trinajstić information content (AvgIpc) is 2.66. The summed E-state index contributed by atoms with van der Waals surface area (Å²) in [5.41, 5.74) is 4.13. The summed E-state index contributed by atoms with van der Waals surface area (Å²) < 4.78 is 5.66. The number of aromatic amines is 1. The summed E-state index contributed by atoms with van der Waals surface area (Å²) in [4.78, 5) is 37.3. The number of ether oxygens (including phenoxy) is 1. The summed E-state index contributed by atoms with van der Waals surface area (Å²) >= 11 is 6.08. The van der Waals surface area contributed by atoms with E-state index >= 15 is 0 Å². The number of carboxylic acid groups (broad SMARTS) is 2. The van der Waals surface area contributed by atoms with Crippen molar-refractivity contribution in [3.63, 3.8) is 0 Å². The SMILES string of the molecule is Nc1[nH]c(=O)c(C(=O)O)c(-c2ccc(OCc3ccccc3Cl)cc2)c1C(=O)O. The second-order valence-corrected chi connectivity index (χ2v) is 6.41. The topological polar surface area (TPSA) is 143 Å². The van der Waals surface area contributed by atoms with E-state index in [4.69, 9.17) is 22.1 Å². The van der Waals surface area contributed by atoms with Crippen molar-refractivity contribution in [3.8, 4) is 16.9 Å². The summed E-state index contributed by atoms with van der Waals surface area (Å²) in [7, 11) is 0. The summed E-state index contributed by atoms with van der Waals surface area (Å²) in [6.07, 6.45) is 0. The van der Waals surface area contributed by atoms with Crippen molar-refractivity contribution in [2.75, 3.05) is 5.73 Å². The van der Waals surface area contributed by atoms with E-state index in [9.17, 15) is 24.6 Å². The molecule has 0 amide bonds. The van der Waals surface area contributed by atoms with Crippen LogP contribution < -0.4 is 16.0 Å². The van der Waals surface area contributed by atoms with Crippen LogP contribution >= 0.6 is 11.6 Å². The maximum absolute atomic E-state index is 12.1. The fraction of sp³-hybridized carbons (Fsp3) is 0.0500. The van der Waals surface area contributed by atoms with Crippen LogP contribution in [0.25, 0.3) is 11.1 Å². The number of hydrogen-bond acceptors (Lipinski definition) is 5. The van der Waals surface area contributed by atoms with Gasteiger partial charge in [-0.1, -0.05) is 41.9 Å². The first-order valence-electron chi connectivity index (χ1n) is 8.28. The van der Waals surface area contributed by atoms with E-state index in [2.05, 4.69) is 4.98 Å². The number of aromatic nitrogens is 1. The lowest BCUT2D eigenvalue weighted by Gasteiger charge is -2.13. The van der Waals surface area contributed by atoms with Crippen molar-refractivity contribution in [1.82, 2.24) is 4.98 Å². The number of hydrogen-bond donors (Lipinski definition) is 4. The Kier molecular flexibility index (Phi) is 5.56. The van der Waals surface area contributed by atoms with Gasteiger partial charge in [0.15, 0.2) is 0 Å². The molecule has 0 saturated heterocycles. The molecule has 1 heterocycles. The Balaban J connectivity index is 1.99. The Bertz CT molecular complexity index is 1150. The summed E-state index contributed by atoms with van der Waals surface area (Å²) in [6.45, 7) is 0.206. The fourth-order valence-electron chi connectivity index (χ4n) is 2.83. The van der Waals surface area contributed by atoms with Crippen molar-refractivity contribution in [3.05, 3.63) is 80.6 Å². The Morgan fingerprint density at radius 3 is 2.21 bits per heavy atom. The van der Waals surface area contributed by atoms with Crippen molar-refractivity contribution in [2.24, 2.45) is 0 Å². The van der Waals surface area contributed by atoms with Crippen molar-refractivity contribution < 1.29 is 24.5 Å². The minimum atomic E-state index is -1.57. The van der Waals surface area contributed by atoms with Crippen molar-refractivity contribution >= 4 is 29.4 Å². The predicted octanol–water partition coefficient (Wildman–Crippen LogP) is 3.25. The van der Waals surface area contributed by atoms with Gasteiger partial charge >= 0.3 is 11.9 Å². The molecule has 0 unspecified atom stereocenters. The highest BCUT2D eigenvalue weighted by atomic mass is 35.5. The van der Waals surface area contributed by atoms with Crippen LogP contribution in [-0.2, 0) is 6.61 Å². The van der Waals surface area contributed by atoms with Crippen LogP contribution in [0.5, 0.6) is 5.75 Å². The normalized spacial score (nSPS) is 10.5. The molecule has 8 nitrogen and oxygen atoms in total. The molecule has 0 radical (unpaired) electrons. The van der Waals surface area contributed by atoms with Crippen LogP contribution in [-0.4, -0.2) is 27.1 Å². The first-order valence-corrected chi connectivity index (χ1v) is 8.66. The van der Waals surface area contributed by atoms with Crippen molar-refractivity contribution in [2.45, 2.75) is 6.61 Å². The van der Waals surface area contributed by atoms with Crippen LogP contribution in [0.15, 0.2) is 53.3 Å². The van der Waals surface area contributed by atoms with E-state index in [0.717, 1.165) is 5.56 Å². The third-order valence-corrected chi connectivity index (χ3v) is 4.54. The number of carbonyl (C=O) groups is 2. The van der Waals surface area contributed by atoms with Gasteiger partial charge in [0, 0.05) is 16.1 Å². The molecule has 0 spiro atoms. The first kappa shape index (κ1) is 20.0. The molecule has 3 aromatic rings. The smallest absolute Gasteiger partial charge is 0.342 e. The number of carboxylic acids is 2. The van der Waals surface area contributed by atoms with Crippen LogP contribution in [0.4, 0.5) is 5.82 Å². The lowest BCUT2D eigenvalue weighted by atomic mass is 9.95. The number of halogens is 1. The largest absolute Gasteiger partial charge is 0.489 e. The monoisotopic (exact) mass is 414 g/mol. The molecule has 0 aliphatic heterocycles. The molecule has 5 N–H and O–H groups in total. The van der Waals surface area contributed by atoms with Gasteiger partial charge in [-0.3, -0.25) is 4.79 Å². The zero-order valence-corrected chi connectivity index (χ0v) is 15.6. The third-order valence-electron chi connectivity index (χ3n) is 4.17. The molecule has 0 atom stereocenters. The van der Waals surface area contributed by atoms with Gasteiger partial charge in [-0.05, 0) is 23.8 Å². The van der Waals surface area contributed by atoms with Gasteiger partial charge in [-0.2, -0.15) is 0 Å². The molecule has 9 heteroatoms. The highest BCUT2D eigenvalue weighted by Crippen LogP contribution is 2.30. The number of nitrogens with one attached hydrogen (secondary N) is 1. The van der Waals surface area contributed by atoms with Gasteiger partial charge in [0.25, 0.3) is 5.56 Å². The number of anilines is 1. The van der Waals surface area contributed by atoms with Crippen LogP contribution in [0, 0.1) is 0 Å². The number of nitrogen functional groups attached to an aromatic ring is 1. The Morgan fingerprint density at radius 1 is 1.00 bits per heavy atom. The molecule has 0 aliphatic rings. The molecule has 3 rings (SSSR count). The Hall–Kier alpha value is -3.78. The van der Waals surface area contributed by atoms with Gasteiger partial charge in [0.2, 0.25) is 0 Å². The van der Waals surface area contributed by atoms with Gasteiger partial charge in [0.1, 0.15) is 29.3 Å². The lowest BCUT2D eigenvalue weighted by Crippen LogP contribution is -2.24. The number of aromatic carboxylic acids is 2. The van der Waals surface area contributed by atoms with Crippen LogP contribution in [0.1, 0.15) is 26.3 Å². The zero-order chi connectivity index (χ0) is 21.1. The molecule has 29 heavy (non-hydrogen) atoms. The molecule has 0 fully saturated rings.